The van der Waals surface area contributed by atoms with Crippen molar-refractivity contribution in [1.82, 2.24) is 4.90 Å². The number of amides is 3. The molecule has 0 N–H and O–H groups in total. The van der Waals surface area contributed by atoms with Gasteiger partial charge < -0.3 is 4.90 Å². The molecular formula is C12H10N2O3. The van der Waals surface area contributed by atoms with Gasteiger partial charge in [0.2, 0.25) is 0 Å². The number of fused-ring (bicyclic) bond motifs is 1. The van der Waals surface area contributed by atoms with Gasteiger partial charge in [-0.2, -0.15) is 0 Å². The van der Waals surface area contributed by atoms with Crippen LogP contribution < -0.4 is 4.90 Å². The van der Waals surface area contributed by atoms with Crippen LogP contribution in [0.15, 0.2) is 30.3 Å². The zero-order valence-electron chi connectivity index (χ0n) is 9.00. The molecule has 2 aliphatic heterocycles. The molecule has 0 aliphatic carbocycles. The summed E-state index contributed by atoms with van der Waals surface area (Å²) in [6, 6.07) is 7.79. The lowest BCUT2D eigenvalue weighted by atomic mass is 10.2. The molecular weight excluding hydrogens is 220 g/mol. The Kier molecular flexibility index (Phi) is 2.01. The van der Waals surface area contributed by atoms with Crippen molar-refractivity contribution >= 4 is 23.4 Å². The predicted octanol–water partition coefficient (Wildman–Crippen LogP) is 0.797. The van der Waals surface area contributed by atoms with Gasteiger partial charge in [0, 0.05) is 6.42 Å². The van der Waals surface area contributed by atoms with Crippen molar-refractivity contribution in [3.8, 4) is 0 Å². The SMILES string of the molecule is O=C1C[C@@H]2C(=O)N(c3ccccc3)C(=O)N2C1. The van der Waals surface area contributed by atoms with Crippen molar-refractivity contribution in [3.05, 3.63) is 30.3 Å². The molecule has 1 aromatic carbocycles. The Morgan fingerprint density at radius 2 is 1.76 bits per heavy atom. The number of carbonyl (C=O) groups is 3. The van der Waals surface area contributed by atoms with Crippen LogP contribution in [0.25, 0.3) is 0 Å². The second-order valence-electron chi connectivity index (χ2n) is 4.18. The second kappa shape index (κ2) is 3.41. The van der Waals surface area contributed by atoms with Crippen molar-refractivity contribution in [3.63, 3.8) is 0 Å². The van der Waals surface area contributed by atoms with E-state index in [2.05, 4.69) is 0 Å². The number of hydrogen-bond donors (Lipinski definition) is 0. The summed E-state index contributed by atoms with van der Waals surface area (Å²) in [6.07, 6.45) is 0.147. The Hall–Kier alpha value is -2.17. The molecule has 5 nitrogen and oxygen atoms in total. The van der Waals surface area contributed by atoms with Crippen molar-refractivity contribution < 1.29 is 14.4 Å². The van der Waals surface area contributed by atoms with Crippen molar-refractivity contribution in [2.45, 2.75) is 12.5 Å². The van der Waals surface area contributed by atoms with Crippen LogP contribution in [0, 0.1) is 0 Å². The van der Waals surface area contributed by atoms with Gasteiger partial charge in [-0.3, -0.25) is 9.59 Å². The maximum atomic E-state index is 12.1. The summed E-state index contributed by atoms with van der Waals surface area (Å²) in [6.45, 7) is 0.0541. The highest BCUT2D eigenvalue weighted by molar-refractivity contribution is 6.23. The van der Waals surface area contributed by atoms with Crippen molar-refractivity contribution in [2.75, 3.05) is 11.4 Å². The van der Waals surface area contributed by atoms with Crippen molar-refractivity contribution in [2.24, 2.45) is 0 Å². The minimum absolute atomic E-state index is 0.0515. The first-order valence-electron chi connectivity index (χ1n) is 5.40. The van der Waals surface area contributed by atoms with Gasteiger partial charge in [0.1, 0.15) is 6.04 Å². The molecule has 0 spiro atoms. The number of benzene rings is 1. The molecule has 0 unspecified atom stereocenters. The molecule has 1 atom stereocenters. The quantitative estimate of drug-likeness (QED) is 0.670. The highest BCUT2D eigenvalue weighted by Crippen LogP contribution is 2.29. The minimum atomic E-state index is -0.588. The zero-order valence-corrected chi connectivity index (χ0v) is 9.00. The molecule has 2 saturated heterocycles. The predicted molar refractivity (Wildman–Crippen MR) is 59.4 cm³/mol. The lowest BCUT2D eigenvalue weighted by molar-refractivity contribution is -0.121. The number of carbonyl (C=O) groups excluding carboxylic acids is 3. The first kappa shape index (κ1) is 10.0. The van der Waals surface area contributed by atoms with E-state index in [-0.39, 0.29) is 24.7 Å². The Labute approximate surface area is 97.6 Å². The van der Waals surface area contributed by atoms with Gasteiger partial charge in [0.25, 0.3) is 5.91 Å². The number of rotatable bonds is 1. The smallest absolute Gasteiger partial charge is 0.304 e. The lowest BCUT2D eigenvalue weighted by Crippen LogP contribution is -2.34. The Balaban J connectivity index is 1.98. The van der Waals surface area contributed by atoms with Crippen molar-refractivity contribution in [1.29, 1.82) is 0 Å². The summed E-state index contributed by atoms with van der Waals surface area (Å²) in [4.78, 5) is 37.8. The van der Waals surface area contributed by atoms with Gasteiger partial charge >= 0.3 is 6.03 Å². The van der Waals surface area contributed by atoms with E-state index in [0.29, 0.717) is 5.69 Å². The van der Waals surface area contributed by atoms with Crippen LogP contribution in [0.1, 0.15) is 6.42 Å². The average molecular weight is 230 g/mol. The molecule has 0 saturated carbocycles. The number of anilines is 1. The highest BCUT2D eigenvalue weighted by atomic mass is 16.2. The number of ketones is 1. The van der Waals surface area contributed by atoms with Crippen LogP contribution in [0.5, 0.6) is 0 Å². The van der Waals surface area contributed by atoms with E-state index in [0.717, 1.165) is 4.90 Å². The molecule has 3 amide bonds. The maximum absolute atomic E-state index is 12.1. The van der Waals surface area contributed by atoms with E-state index in [1.807, 2.05) is 6.07 Å². The molecule has 0 bridgehead atoms. The molecule has 1 aromatic rings. The molecule has 0 radical (unpaired) electrons. The first-order chi connectivity index (χ1) is 8.18. The third-order valence-electron chi connectivity index (χ3n) is 3.10. The van der Waals surface area contributed by atoms with Gasteiger partial charge in [-0.25, -0.2) is 9.69 Å². The number of imide groups is 1. The van der Waals surface area contributed by atoms with E-state index in [1.165, 1.54) is 4.90 Å². The van der Waals surface area contributed by atoms with Gasteiger partial charge in [0.05, 0.1) is 12.2 Å². The number of nitrogens with zero attached hydrogens (tertiary/aromatic N) is 2. The van der Waals surface area contributed by atoms with Crippen LogP contribution in [-0.2, 0) is 9.59 Å². The normalized spacial score (nSPS) is 23.5. The monoisotopic (exact) mass is 230 g/mol. The first-order valence-corrected chi connectivity index (χ1v) is 5.40. The molecule has 17 heavy (non-hydrogen) atoms. The Morgan fingerprint density at radius 3 is 2.41 bits per heavy atom. The van der Waals surface area contributed by atoms with Crippen LogP contribution >= 0.6 is 0 Å². The average Bonchev–Trinajstić information content (AvgIpc) is 2.81. The summed E-state index contributed by atoms with van der Waals surface area (Å²) in [5.41, 5.74) is 0.560. The molecule has 2 aliphatic rings. The number of para-hydroxylation sites is 1. The molecule has 2 fully saturated rings. The molecule has 5 heteroatoms. The minimum Gasteiger partial charge on any atom is -0.304 e. The third-order valence-corrected chi connectivity index (χ3v) is 3.10. The summed E-state index contributed by atoms with van der Waals surface area (Å²) in [5, 5.41) is 0. The van der Waals surface area contributed by atoms with E-state index in [4.69, 9.17) is 0 Å². The van der Waals surface area contributed by atoms with Gasteiger partial charge in [-0.15, -0.1) is 0 Å². The molecule has 86 valence electrons. The summed E-state index contributed by atoms with van der Waals surface area (Å²) in [7, 11) is 0. The van der Waals surface area contributed by atoms with E-state index < -0.39 is 12.1 Å². The van der Waals surface area contributed by atoms with Crippen LogP contribution in [0.2, 0.25) is 0 Å². The van der Waals surface area contributed by atoms with E-state index >= 15 is 0 Å². The number of hydrogen-bond acceptors (Lipinski definition) is 3. The molecule has 2 heterocycles. The van der Waals surface area contributed by atoms with Gasteiger partial charge in [0.15, 0.2) is 5.78 Å². The Bertz CT molecular complexity index is 486. The second-order valence-corrected chi connectivity index (χ2v) is 4.18. The highest BCUT2D eigenvalue weighted by Gasteiger charge is 2.50. The number of Topliss-reactive ketones (excluding diaryl/α,β-unsaturated/α-hetero) is 1. The summed E-state index contributed by atoms with van der Waals surface area (Å²) < 4.78 is 0. The van der Waals surface area contributed by atoms with Crippen LogP contribution in [-0.4, -0.2) is 35.2 Å². The van der Waals surface area contributed by atoms with Crippen LogP contribution in [0.4, 0.5) is 10.5 Å². The maximum Gasteiger partial charge on any atom is 0.332 e. The molecule has 0 aromatic heterocycles. The lowest BCUT2D eigenvalue weighted by Gasteiger charge is -2.14. The van der Waals surface area contributed by atoms with E-state index in [1.54, 1.807) is 24.3 Å². The summed E-state index contributed by atoms with van der Waals surface area (Å²) in [5.74, 6) is -0.350. The van der Waals surface area contributed by atoms with Gasteiger partial charge in [-0.05, 0) is 12.1 Å². The van der Waals surface area contributed by atoms with Crippen LogP contribution in [0.3, 0.4) is 0 Å². The largest absolute Gasteiger partial charge is 0.332 e. The number of urea groups is 1. The fourth-order valence-corrected chi connectivity index (χ4v) is 2.30. The topological polar surface area (TPSA) is 57.7 Å². The third kappa shape index (κ3) is 1.35. The van der Waals surface area contributed by atoms with Gasteiger partial charge in [-0.1, -0.05) is 18.2 Å². The summed E-state index contributed by atoms with van der Waals surface area (Å²) >= 11 is 0. The van der Waals surface area contributed by atoms with E-state index in [9.17, 15) is 14.4 Å². The molecule has 3 rings (SSSR count). The fourth-order valence-electron chi connectivity index (χ4n) is 2.30. The fraction of sp³-hybridized carbons (Fsp3) is 0.250. The zero-order chi connectivity index (χ0) is 12.0. The Morgan fingerprint density at radius 1 is 1.06 bits per heavy atom. The standard InChI is InChI=1S/C12H10N2O3/c15-9-6-10-11(16)14(12(17)13(10)7-9)8-4-2-1-3-5-8/h1-5,10H,6-7H2/t10-/m1/s1.